The van der Waals surface area contributed by atoms with Crippen LogP contribution in [0.5, 0.6) is 5.75 Å². The average Bonchev–Trinajstić information content (AvgIpc) is 2.36. The lowest BCUT2D eigenvalue weighted by atomic mass is 10.3. The Hall–Kier alpha value is -0.770. The monoisotopic (exact) mass is 359 g/mol. The van der Waals surface area contributed by atoms with Crippen LogP contribution in [0.25, 0.3) is 0 Å². The number of halogens is 3. The fourth-order valence-electron chi connectivity index (χ4n) is 1.15. The van der Waals surface area contributed by atoms with Gasteiger partial charge in [0.1, 0.15) is 12.4 Å². The molecule has 0 aromatic heterocycles. The maximum atomic E-state index is 12.8. The molecule has 0 aliphatic carbocycles. The number of ether oxygens (including phenoxy) is 1. The summed E-state index contributed by atoms with van der Waals surface area (Å²) in [6.07, 6.45) is 0. The number of aliphatic hydroxyl groups excluding tert-OH is 1. The van der Waals surface area contributed by atoms with Gasteiger partial charge < -0.3 is 9.84 Å². The summed E-state index contributed by atoms with van der Waals surface area (Å²) < 4.78 is 56.1. The molecule has 0 bridgehead atoms. The fraction of sp³-hybridized carbons (Fsp3) is 0.400. The van der Waals surface area contributed by atoms with Gasteiger partial charge in [0.2, 0.25) is 10.0 Å². The molecule has 0 fully saturated rings. The zero-order valence-electron chi connectivity index (χ0n) is 9.86. The van der Waals surface area contributed by atoms with Crippen LogP contribution in [0.1, 0.15) is 0 Å². The molecule has 19 heavy (non-hydrogen) atoms. The second kappa shape index (κ2) is 6.12. The van der Waals surface area contributed by atoms with Gasteiger partial charge in [0, 0.05) is 0 Å². The average molecular weight is 360 g/mol. The minimum absolute atomic E-state index is 0.186. The molecular formula is C10H12BrF2NO4S. The highest BCUT2D eigenvalue weighted by Crippen LogP contribution is 2.27. The lowest BCUT2D eigenvalue weighted by molar-refractivity contribution is -0.0437. The molecule has 1 aromatic rings. The molecule has 0 aliphatic heterocycles. The van der Waals surface area contributed by atoms with Gasteiger partial charge in [-0.1, -0.05) is 0 Å². The Kier molecular flexibility index (Phi) is 5.25. The summed E-state index contributed by atoms with van der Waals surface area (Å²) in [4.78, 5) is -0.186. The molecule has 5 nitrogen and oxygen atoms in total. The molecule has 0 heterocycles. The van der Waals surface area contributed by atoms with Gasteiger partial charge in [-0.3, -0.25) is 0 Å². The number of alkyl halides is 2. The van der Waals surface area contributed by atoms with Crippen LogP contribution in [-0.2, 0) is 10.0 Å². The third kappa shape index (κ3) is 4.37. The van der Waals surface area contributed by atoms with Crippen LogP contribution in [0.4, 0.5) is 8.78 Å². The summed E-state index contributed by atoms with van der Waals surface area (Å²) in [6.45, 7) is -2.60. The van der Waals surface area contributed by atoms with E-state index in [1.165, 1.54) is 25.3 Å². The molecule has 0 saturated carbocycles. The van der Waals surface area contributed by atoms with Gasteiger partial charge in [-0.25, -0.2) is 21.9 Å². The second-order valence-electron chi connectivity index (χ2n) is 3.63. The minimum atomic E-state index is -4.08. The molecule has 0 amide bonds. The van der Waals surface area contributed by atoms with Gasteiger partial charge >= 0.3 is 0 Å². The van der Waals surface area contributed by atoms with Crippen molar-refractivity contribution >= 4 is 26.0 Å². The second-order valence-corrected chi connectivity index (χ2v) is 6.26. The van der Waals surface area contributed by atoms with E-state index in [9.17, 15) is 17.2 Å². The van der Waals surface area contributed by atoms with E-state index in [-0.39, 0.29) is 4.90 Å². The van der Waals surface area contributed by atoms with E-state index in [4.69, 9.17) is 9.84 Å². The molecule has 2 N–H and O–H groups in total. The molecule has 1 aromatic carbocycles. The SMILES string of the molecule is COc1ccc(S(=O)(=O)NCC(F)(F)CO)cc1Br. The Morgan fingerprint density at radius 1 is 1.47 bits per heavy atom. The lowest BCUT2D eigenvalue weighted by Crippen LogP contribution is -2.38. The number of hydrogen-bond acceptors (Lipinski definition) is 4. The highest BCUT2D eigenvalue weighted by atomic mass is 79.9. The Balaban J connectivity index is 2.92. The third-order valence-corrected chi connectivity index (χ3v) is 4.20. The maximum Gasteiger partial charge on any atom is 0.283 e. The van der Waals surface area contributed by atoms with Gasteiger partial charge in [-0.2, -0.15) is 0 Å². The normalized spacial score (nSPS) is 12.5. The van der Waals surface area contributed by atoms with Gasteiger partial charge in [-0.05, 0) is 34.1 Å². The van der Waals surface area contributed by atoms with E-state index in [0.717, 1.165) is 0 Å². The topological polar surface area (TPSA) is 75.6 Å². The quantitative estimate of drug-likeness (QED) is 0.804. The smallest absolute Gasteiger partial charge is 0.283 e. The zero-order chi connectivity index (χ0) is 14.7. The summed E-state index contributed by atoms with van der Waals surface area (Å²) in [5.74, 6) is -3.09. The number of sulfonamides is 1. The summed E-state index contributed by atoms with van der Waals surface area (Å²) in [6, 6.07) is 3.85. The number of nitrogens with one attached hydrogen (secondary N) is 1. The highest BCUT2D eigenvalue weighted by Gasteiger charge is 2.30. The first-order valence-corrected chi connectivity index (χ1v) is 7.31. The van der Waals surface area contributed by atoms with E-state index in [1.54, 1.807) is 4.72 Å². The van der Waals surface area contributed by atoms with Gasteiger partial charge in [0.15, 0.2) is 0 Å². The minimum Gasteiger partial charge on any atom is -0.496 e. The highest BCUT2D eigenvalue weighted by molar-refractivity contribution is 9.10. The lowest BCUT2D eigenvalue weighted by Gasteiger charge is -2.14. The zero-order valence-corrected chi connectivity index (χ0v) is 12.3. The van der Waals surface area contributed by atoms with Crippen molar-refractivity contribution in [1.82, 2.24) is 4.72 Å². The van der Waals surface area contributed by atoms with Crippen LogP contribution in [0.15, 0.2) is 27.6 Å². The predicted molar refractivity (Wildman–Crippen MR) is 67.9 cm³/mol. The van der Waals surface area contributed by atoms with Crippen molar-refractivity contribution in [2.45, 2.75) is 10.8 Å². The van der Waals surface area contributed by atoms with Crippen molar-refractivity contribution < 1.29 is 27.0 Å². The molecule has 108 valence electrons. The van der Waals surface area contributed by atoms with E-state index in [2.05, 4.69) is 15.9 Å². The number of benzene rings is 1. The number of hydrogen-bond donors (Lipinski definition) is 2. The van der Waals surface area contributed by atoms with E-state index >= 15 is 0 Å². The van der Waals surface area contributed by atoms with Crippen molar-refractivity contribution in [3.63, 3.8) is 0 Å². The van der Waals surface area contributed by atoms with Crippen LogP contribution in [0, 0.1) is 0 Å². The molecule has 0 saturated heterocycles. The number of aliphatic hydroxyl groups is 1. The van der Waals surface area contributed by atoms with Crippen molar-refractivity contribution in [2.24, 2.45) is 0 Å². The van der Waals surface area contributed by atoms with E-state index in [1.807, 2.05) is 0 Å². The van der Waals surface area contributed by atoms with Crippen molar-refractivity contribution in [1.29, 1.82) is 0 Å². The van der Waals surface area contributed by atoms with Crippen LogP contribution in [0.2, 0.25) is 0 Å². The summed E-state index contributed by atoms with van der Waals surface area (Å²) in [5.41, 5.74) is 0. The van der Waals surface area contributed by atoms with Gasteiger partial charge in [0.25, 0.3) is 5.92 Å². The Morgan fingerprint density at radius 2 is 2.11 bits per heavy atom. The first-order chi connectivity index (χ1) is 8.72. The summed E-state index contributed by atoms with van der Waals surface area (Å²) >= 11 is 3.10. The Labute approximate surface area is 117 Å². The van der Waals surface area contributed by atoms with Crippen LogP contribution < -0.4 is 9.46 Å². The standard InChI is InChI=1S/C10H12BrF2NO4S/c1-18-9-3-2-7(4-8(9)11)19(16,17)14-5-10(12,13)6-15/h2-4,14-15H,5-6H2,1H3. The largest absolute Gasteiger partial charge is 0.496 e. The fourth-order valence-corrected chi connectivity index (χ4v) is 2.93. The molecule has 1 rings (SSSR count). The van der Waals surface area contributed by atoms with Gasteiger partial charge in [0.05, 0.1) is 23.0 Å². The van der Waals surface area contributed by atoms with Crippen molar-refractivity contribution in [3.05, 3.63) is 22.7 Å². The van der Waals surface area contributed by atoms with E-state index in [0.29, 0.717) is 10.2 Å². The predicted octanol–water partition coefficient (Wildman–Crippen LogP) is 1.36. The molecule has 9 heteroatoms. The van der Waals surface area contributed by atoms with Crippen molar-refractivity contribution in [2.75, 3.05) is 20.3 Å². The molecular weight excluding hydrogens is 348 g/mol. The number of methoxy groups -OCH3 is 1. The first kappa shape index (κ1) is 16.3. The Bertz CT molecular complexity index is 550. The Morgan fingerprint density at radius 3 is 2.58 bits per heavy atom. The van der Waals surface area contributed by atoms with Crippen LogP contribution >= 0.6 is 15.9 Å². The molecule has 0 unspecified atom stereocenters. The molecule has 0 spiro atoms. The number of rotatable bonds is 6. The first-order valence-electron chi connectivity index (χ1n) is 5.04. The summed E-state index contributed by atoms with van der Waals surface area (Å²) in [5, 5.41) is 8.37. The van der Waals surface area contributed by atoms with Gasteiger partial charge in [-0.15, -0.1) is 0 Å². The molecule has 0 aliphatic rings. The van der Waals surface area contributed by atoms with Crippen molar-refractivity contribution in [3.8, 4) is 5.75 Å². The maximum absolute atomic E-state index is 12.8. The summed E-state index contributed by atoms with van der Waals surface area (Å²) in [7, 11) is -2.67. The molecule has 0 radical (unpaired) electrons. The van der Waals surface area contributed by atoms with Crippen LogP contribution in [0.3, 0.4) is 0 Å². The van der Waals surface area contributed by atoms with Crippen LogP contribution in [-0.4, -0.2) is 39.7 Å². The third-order valence-electron chi connectivity index (χ3n) is 2.19. The van der Waals surface area contributed by atoms with E-state index < -0.39 is 29.1 Å². The molecule has 0 atom stereocenters.